The summed E-state index contributed by atoms with van der Waals surface area (Å²) in [6.45, 7) is 7.77. The maximum absolute atomic E-state index is 10.1. The smallest absolute Gasteiger partial charge is 0.0577 e. The van der Waals surface area contributed by atoms with Crippen LogP contribution >= 0.6 is 11.8 Å². The normalized spacial score (nSPS) is 59.2. The van der Waals surface area contributed by atoms with E-state index in [1.807, 2.05) is 0 Å². The number of hydrogen-bond donors (Lipinski definition) is 1. The Morgan fingerprint density at radius 2 is 1.83 bits per heavy atom. The fourth-order valence-corrected chi connectivity index (χ4v) is 8.98. The molecule has 0 aromatic heterocycles. The topological polar surface area (TPSA) is 20.2 Å². The quantitative estimate of drug-likeness (QED) is 0.504. The van der Waals surface area contributed by atoms with Gasteiger partial charge in [0.25, 0.3) is 0 Å². The fourth-order valence-electron chi connectivity index (χ4n) is 7.96. The minimum atomic E-state index is -0.0718. The Labute approximate surface area is 152 Å². The largest absolute Gasteiger partial charge is 0.393 e. The standard InChI is InChI=1S/C22H34OS/c1-20-10-8-15(23)12-14(20)4-5-16-17-6-7-19(22(3)13-24-22)21(17,2)11-9-18(16)20/h4,15-19,23H,5-13H2,1-3H3. The van der Waals surface area contributed by atoms with Gasteiger partial charge in [-0.1, -0.05) is 25.5 Å². The van der Waals surface area contributed by atoms with Gasteiger partial charge in [-0.15, -0.1) is 0 Å². The van der Waals surface area contributed by atoms with Gasteiger partial charge in [-0.3, -0.25) is 0 Å². The van der Waals surface area contributed by atoms with Crippen molar-refractivity contribution in [2.45, 2.75) is 83.0 Å². The highest BCUT2D eigenvalue weighted by atomic mass is 32.2. The number of allylic oxidation sites excluding steroid dienone is 1. The highest BCUT2D eigenvalue weighted by molar-refractivity contribution is 8.07. The number of fused-ring (bicyclic) bond motifs is 5. The van der Waals surface area contributed by atoms with Crippen LogP contribution in [0.3, 0.4) is 0 Å². The molecule has 5 rings (SSSR count). The van der Waals surface area contributed by atoms with E-state index in [4.69, 9.17) is 0 Å². The second-order valence-electron chi connectivity index (χ2n) is 10.4. The first-order valence-corrected chi connectivity index (χ1v) is 11.4. The molecule has 0 amide bonds. The first-order chi connectivity index (χ1) is 11.4. The van der Waals surface area contributed by atoms with Gasteiger partial charge in [0.1, 0.15) is 0 Å². The third kappa shape index (κ3) is 2.05. The van der Waals surface area contributed by atoms with E-state index in [2.05, 4.69) is 38.6 Å². The molecule has 1 saturated heterocycles. The Hall–Kier alpha value is 0.0500. The second-order valence-corrected chi connectivity index (χ2v) is 11.9. The summed E-state index contributed by atoms with van der Waals surface area (Å²) in [5.41, 5.74) is 2.63. The lowest BCUT2D eigenvalue weighted by Crippen LogP contribution is -2.51. The van der Waals surface area contributed by atoms with Crippen molar-refractivity contribution in [1.29, 1.82) is 0 Å². The molecule has 8 unspecified atom stereocenters. The van der Waals surface area contributed by atoms with Gasteiger partial charge in [-0.2, -0.15) is 11.8 Å². The minimum Gasteiger partial charge on any atom is -0.393 e. The van der Waals surface area contributed by atoms with Crippen LogP contribution in [0.25, 0.3) is 0 Å². The average Bonchev–Trinajstić information content (AvgIpc) is 3.17. The summed E-state index contributed by atoms with van der Waals surface area (Å²) >= 11 is 2.23. The Morgan fingerprint density at radius 1 is 1.04 bits per heavy atom. The van der Waals surface area contributed by atoms with Crippen molar-refractivity contribution in [1.82, 2.24) is 0 Å². The summed E-state index contributed by atoms with van der Waals surface area (Å²) in [5, 5.41) is 10.1. The molecule has 134 valence electrons. The number of rotatable bonds is 1. The van der Waals surface area contributed by atoms with Crippen molar-refractivity contribution in [2.24, 2.45) is 34.5 Å². The van der Waals surface area contributed by atoms with E-state index >= 15 is 0 Å². The molecular formula is C22H34OS. The maximum atomic E-state index is 10.1. The molecule has 0 spiro atoms. The van der Waals surface area contributed by atoms with Gasteiger partial charge in [0.05, 0.1) is 6.10 Å². The lowest BCUT2D eigenvalue weighted by molar-refractivity contribution is -0.0518. The zero-order valence-electron chi connectivity index (χ0n) is 15.7. The van der Waals surface area contributed by atoms with E-state index in [9.17, 15) is 5.11 Å². The molecule has 0 aromatic rings. The van der Waals surface area contributed by atoms with E-state index in [-0.39, 0.29) is 6.10 Å². The predicted molar refractivity (Wildman–Crippen MR) is 102 cm³/mol. The predicted octanol–water partition coefficient (Wildman–Crippen LogP) is 5.43. The van der Waals surface area contributed by atoms with Crippen LogP contribution < -0.4 is 0 Å². The van der Waals surface area contributed by atoms with Crippen LogP contribution in [0.5, 0.6) is 0 Å². The molecule has 1 heterocycles. The van der Waals surface area contributed by atoms with E-state index in [0.717, 1.165) is 36.5 Å². The first kappa shape index (κ1) is 16.2. The molecule has 5 aliphatic rings. The highest BCUT2D eigenvalue weighted by Gasteiger charge is 2.63. The van der Waals surface area contributed by atoms with Crippen LogP contribution in [0, 0.1) is 34.5 Å². The molecule has 2 heteroatoms. The van der Waals surface area contributed by atoms with Gasteiger partial charge in [0, 0.05) is 10.5 Å². The number of thioether (sulfide) groups is 1. The van der Waals surface area contributed by atoms with E-state index in [1.165, 1.54) is 44.3 Å². The third-order valence-corrected chi connectivity index (χ3v) is 10.9. The van der Waals surface area contributed by atoms with Crippen LogP contribution in [0.2, 0.25) is 0 Å². The van der Waals surface area contributed by atoms with Crippen molar-refractivity contribution >= 4 is 11.8 Å². The monoisotopic (exact) mass is 346 g/mol. The Kier molecular flexibility index (Phi) is 3.43. The molecule has 1 N–H and O–H groups in total. The Bertz CT molecular complexity index is 579. The van der Waals surface area contributed by atoms with Crippen LogP contribution in [0.15, 0.2) is 11.6 Å². The van der Waals surface area contributed by atoms with E-state index in [0.29, 0.717) is 15.6 Å². The van der Waals surface area contributed by atoms with Crippen molar-refractivity contribution < 1.29 is 5.11 Å². The summed E-state index contributed by atoms with van der Waals surface area (Å²) in [5.74, 6) is 5.15. The SMILES string of the molecule is CC1(C2CCC3C4CC=C5CC(O)CCC5(C)C4CCC32C)CS1. The number of aliphatic hydroxyl groups excluding tert-OH is 1. The van der Waals surface area contributed by atoms with Crippen molar-refractivity contribution in [3.05, 3.63) is 11.6 Å². The van der Waals surface area contributed by atoms with Crippen LogP contribution in [0.4, 0.5) is 0 Å². The van der Waals surface area contributed by atoms with Crippen molar-refractivity contribution in [3.8, 4) is 0 Å². The van der Waals surface area contributed by atoms with Gasteiger partial charge in [0.15, 0.2) is 0 Å². The van der Waals surface area contributed by atoms with Gasteiger partial charge >= 0.3 is 0 Å². The van der Waals surface area contributed by atoms with E-state index < -0.39 is 0 Å². The van der Waals surface area contributed by atoms with Gasteiger partial charge in [-0.05, 0) is 92.8 Å². The number of aliphatic hydroxyl groups is 1. The van der Waals surface area contributed by atoms with Crippen LogP contribution in [-0.2, 0) is 0 Å². The third-order valence-electron chi connectivity index (χ3n) is 9.41. The second kappa shape index (κ2) is 5.06. The van der Waals surface area contributed by atoms with Gasteiger partial charge < -0.3 is 5.11 Å². The number of hydrogen-bond acceptors (Lipinski definition) is 2. The van der Waals surface area contributed by atoms with Crippen molar-refractivity contribution in [3.63, 3.8) is 0 Å². The molecule has 4 aliphatic carbocycles. The van der Waals surface area contributed by atoms with Crippen LogP contribution in [-0.4, -0.2) is 21.7 Å². The summed E-state index contributed by atoms with van der Waals surface area (Å²) < 4.78 is 0.616. The lowest BCUT2D eigenvalue weighted by Gasteiger charge is -2.58. The molecular weight excluding hydrogens is 312 g/mol. The molecule has 4 fully saturated rings. The molecule has 0 aromatic carbocycles. The first-order valence-electron chi connectivity index (χ1n) is 10.4. The zero-order chi connectivity index (χ0) is 16.7. The molecule has 1 nitrogen and oxygen atoms in total. The summed E-state index contributed by atoms with van der Waals surface area (Å²) in [7, 11) is 0. The summed E-state index contributed by atoms with van der Waals surface area (Å²) in [6.07, 6.45) is 12.9. The highest BCUT2D eigenvalue weighted by Crippen LogP contribution is 2.71. The minimum absolute atomic E-state index is 0.0718. The van der Waals surface area contributed by atoms with Gasteiger partial charge in [-0.25, -0.2) is 0 Å². The zero-order valence-corrected chi connectivity index (χ0v) is 16.5. The summed E-state index contributed by atoms with van der Waals surface area (Å²) in [4.78, 5) is 0. The van der Waals surface area contributed by atoms with Crippen molar-refractivity contribution in [2.75, 3.05) is 5.75 Å². The fraction of sp³-hybridized carbons (Fsp3) is 0.909. The molecule has 0 radical (unpaired) electrons. The lowest BCUT2D eigenvalue weighted by atomic mass is 9.47. The van der Waals surface area contributed by atoms with E-state index in [1.54, 1.807) is 5.57 Å². The molecule has 1 aliphatic heterocycles. The van der Waals surface area contributed by atoms with Crippen LogP contribution in [0.1, 0.15) is 72.1 Å². The molecule has 3 saturated carbocycles. The average molecular weight is 347 g/mol. The summed E-state index contributed by atoms with van der Waals surface area (Å²) in [6, 6.07) is 0. The Balaban J connectivity index is 1.47. The van der Waals surface area contributed by atoms with Gasteiger partial charge in [0.2, 0.25) is 0 Å². The Morgan fingerprint density at radius 3 is 2.58 bits per heavy atom. The molecule has 24 heavy (non-hydrogen) atoms. The molecule has 0 bridgehead atoms. The maximum Gasteiger partial charge on any atom is 0.0577 e. The molecule has 8 atom stereocenters.